The van der Waals surface area contributed by atoms with Crippen LogP contribution in [-0.2, 0) is 4.79 Å². The Kier molecular flexibility index (Phi) is 3.57. The van der Waals surface area contributed by atoms with E-state index in [0.717, 1.165) is 6.07 Å². The molecule has 6 heteroatoms. The molecule has 0 aliphatic carbocycles. The summed E-state index contributed by atoms with van der Waals surface area (Å²) in [5.74, 6) is -0.614. The Bertz CT molecular complexity index is 962. The van der Waals surface area contributed by atoms with Gasteiger partial charge in [0.25, 0.3) is 0 Å². The highest BCUT2D eigenvalue weighted by Gasteiger charge is 2.13. The molecule has 0 unspecified atom stereocenters. The second-order valence-corrected chi connectivity index (χ2v) is 5.07. The zero-order valence-corrected chi connectivity index (χ0v) is 12.2. The van der Waals surface area contributed by atoms with Crippen LogP contribution < -0.4 is 16.5 Å². The average molecular weight is 312 g/mol. The summed E-state index contributed by atoms with van der Waals surface area (Å²) in [5.41, 5.74) is 6.50. The van der Waals surface area contributed by atoms with Crippen molar-refractivity contribution in [3.8, 4) is 11.3 Å². The third-order valence-electron chi connectivity index (χ3n) is 3.35. The Morgan fingerprint density at radius 1 is 1.17 bits per heavy atom. The minimum atomic E-state index is -0.650. The third-order valence-corrected chi connectivity index (χ3v) is 3.35. The zero-order valence-electron chi connectivity index (χ0n) is 12.2. The van der Waals surface area contributed by atoms with E-state index in [1.54, 1.807) is 24.3 Å². The van der Waals surface area contributed by atoms with E-state index in [1.165, 1.54) is 19.1 Å². The summed E-state index contributed by atoms with van der Waals surface area (Å²) in [6, 6.07) is 10.4. The van der Waals surface area contributed by atoms with Crippen LogP contribution in [-0.4, -0.2) is 5.91 Å². The first kappa shape index (κ1) is 14.8. The van der Waals surface area contributed by atoms with E-state index in [-0.39, 0.29) is 28.3 Å². The second kappa shape index (κ2) is 5.57. The molecule has 0 bridgehead atoms. The van der Waals surface area contributed by atoms with E-state index >= 15 is 0 Å². The van der Waals surface area contributed by atoms with Crippen LogP contribution in [0.1, 0.15) is 6.92 Å². The molecule has 0 fully saturated rings. The summed E-state index contributed by atoms with van der Waals surface area (Å²) in [6.45, 7) is 1.41. The van der Waals surface area contributed by atoms with Gasteiger partial charge in [-0.15, -0.1) is 0 Å². The number of nitrogen functional groups attached to an aromatic ring is 1. The minimum absolute atomic E-state index is 0.0311. The van der Waals surface area contributed by atoms with E-state index in [1.807, 2.05) is 0 Å². The number of nitrogens with one attached hydrogen (secondary N) is 1. The smallest absolute Gasteiger partial charge is 0.221 e. The summed E-state index contributed by atoms with van der Waals surface area (Å²) in [5, 5.41) is 2.66. The molecule has 3 aromatic rings. The SMILES string of the molecule is CC(=O)Nc1ccc(-c2cc(=O)c3c(N)ccc(F)c3o2)cc1. The van der Waals surface area contributed by atoms with E-state index in [4.69, 9.17) is 10.2 Å². The normalized spacial score (nSPS) is 10.7. The number of benzene rings is 2. The van der Waals surface area contributed by atoms with Gasteiger partial charge in [-0.25, -0.2) is 4.39 Å². The van der Waals surface area contributed by atoms with Crippen LogP contribution in [0, 0.1) is 5.82 Å². The van der Waals surface area contributed by atoms with Gasteiger partial charge in [0.05, 0.1) is 5.39 Å². The molecule has 3 rings (SSSR count). The second-order valence-electron chi connectivity index (χ2n) is 5.07. The van der Waals surface area contributed by atoms with Crippen molar-refractivity contribution in [2.75, 3.05) is 11.1 Å². The Morgan fingerprint density at radius 3 is 2.52 bits per heavy atom. The van der Waals surface area contributed by atoms with Crippen LogP contribution in [0.2, 0.25) is 0 Å². The van der Waals surface area contributed by atoms with Gasteiger partial charge in [0.1, 0.15) is 5.76 Å². The molecule has 23 heavy (non-hydrogen) atoms. The van der Waals surface area contributed by atoms with E-state index in [2.05, 4.69) is 5.32 Å². The molecule has 0 saturated heterocycles. The van der Waals surface area contributed by atoms with Gasteiger partial charge in [-0.05, 0) is 36.4 Å². The number of fused-ring (bicyclic) bond motifs is 1. The predicted molar refractivity (Wildman–Crippen MR) is 86.6 cm³/mol. The first-order valence-electron chi connectivity index (χ1n) is 6.85. The molecule has 0 saturated carbocycles. The molecule has 0 spiro atoms. The van der Waals surface area contributed by atoms with Gasteiger partial charge >= 0.3 is 0 Å². The fourth-order valence-corrected chi connectivity index (χ4v) is 2.32. The first-order valence-corrected chi connectivity index (χ1v) is 6.85. The molecule has 1 amide bonds. The van der Waals surface area contributed by atoms with Crippen LogP contribution in [0.3, 0.4) is 0 Å². The third kappa shape index (κ3) is 2.78. The molecule has 0 radical (unpaired) electrons. The molecule has 0 aliphatic heterocycles. The van der Waals surface area contributed by atoms with Crippen molar-refractivity contribution in [1.29, 1.82) is 0 Å². The Hall–Kier alpha value is -3.15. The summed E-state index contributed by atoms with van der Waals surface area (Å²) in [4.78, 5) is 23.2. The van der Waals surface area contributed by atoms with Gasteiger partial charge in [0, 0.05) is 29.9 Å². The molecule has 5 nitrogen and oxygen atoms in total. The van der Waals surface area contributed by atoms with Crippen LogP contribution in [0.15, 0.2) is 51.7 Å². The summed E-state index contributed by atoms with van der Waals surface area (Å²) in [6.07, 6.45) is 0. The monoisotopic (exact) mass is 312 g/mol. The van der Waals surface area contributed by atoms with Crippen LogP contribution in [0.5, 0.6) is 0 Å². The standard InChI is InChI=1S/C17H13FN2O3/c1-9(21)20-11-4-2-10(3-5-11)15-8-14(22)16-13(19)7-6-12(18)17(16)23-15/h2-8H,19H2,1H3,(H,20,21). The van der Waals surface area contributed by atoms with E-state index in [9.17, 15) is 14.0 Å². The summed E-state index contributed by atoms with van der Waals surface area (Å²) < 4.78 is 19.4. The maximum atomic E-state index is 13.9. The maximum absolute atomic E-state index is 13.9. The van der Waals surface area contributed by atoms with Gasteiger partial charge in [0.15, 0.2) is 16.8 Å². The van der Waals surface area contributed by atoms with Gasteiger partial charge in [-0.1, -0.05) is 0 Å². The molecule has 1 aromatic heterocycles. The van der Waals surface area contributed by atoms with Crippen LogP contribution >= 0.6 is 0 Å². The predicted octanol–water partition coefficient (Wildman–Crippen LogP) is 3.14. The van der Waals surface area contributed by atoms with Gasteiger partial charge in [0.2, 0.25) is 5.91 Å². The Labute approximate surface area is 130 Å². The number of carbonyl (C=O) groups excluding carboxylic acids is 1. The van der Waals surface area contributed by atoms with Crippen molar-refractivity contribution in [3.63, 3.8) is 0 Å². The summed E-state index contributed by atoms with van der Waals surface area (Å²) in [7, 11) is 0. The number of halogens is 1. The lowest BCUT2D eigenvalue weighted by atomic mass is 10.1. The fourth-order valence-electron chi connectivity index (χ4n) is 2.32. The molecule has 2 aromatic carbocycles. The molecular weight excluding hydrogens is 299 g/mol. The molecule has 0 aliphatic rings. The fraction of sp³-hybridized carbons (Fsp3) is 0.0588. The number of rotatable bonds is 2. The molecule has 0 atom stereocenters. The lowest BCUT2D eigenvalue weighted by Crippen LogP contribution is -2.06. The highest BCUT2D eigenvalue weighted by atomic mass is 19.1. The molecule has 1 heterocycles. The zero-order chi connectivity index (χ0) is 16.6. The number of carbonyl (C=O) groups is 1. The topological polar surface area (TPSA) is 85.3 Å². The van der Waals surface area contributed by atoms with Crippen LogP contribution in [0.25, 0.3) is 22.3 Å². The first-order chi connectivity index (χ1) is 11.0. The van der Waals surface area contributed by atoms with Crippen molar-refractivity contribution >= 4 is 28.3 Å². The minimum Gasteiger partial charge on any atom is -0.453 e. The summed E-state index contributed by atoms with van der Waals surface area (Å²) >= 11 is 0. The van der Waals surface area contributed by atoms with Gasteiger partial charge in [-0.3, -0.25) is 9.59 Å². The van der Waals surface area contributed by atoms with Crippen molar-refractivity contribution in [2.45, 2.75) is 6.92 Å². The van der Waals surface area contributed by atoms with Crippen molar-refractivity contribution < 1.29 is 13.6 Å². The van der Waals surface area contributed by atoms with Crippen LogP contribution in [0.4, 0.5) is 15.8 Å². The highest BCUT2D eigenvalue weighted by Crippen LogP contribution is 2.27. The number of amides is 1. The highest BCUT2D eigenvalue weighted by molar-refractivity contribution is 5.90. The van der Waals surface area contributed by atoms with E-state index in [0.29, 0.717) is 11.3 Å². The van der Waals surface area contributed by atoms with Crippen molar-refractivity contribution in [2.24, 2.45) is 0 Å². The molecule has 3 N–H and O–H groups in total. The lowest BCUT2D eigenvalue weighted by molar-refractivity contribution is -0.114. The van der Waals surface area contributed by atoms with Crippen molar-refractivity contribution in [3.05, 3.63) is 58.5 Å². The van der Waals surface area contributed by atoms with E-state index < -0.39 is 11.2 Å². The lowest BCUT2D eigenvalue weighted by Gasteiger charge is -2.07. The molecular formula is C17H13FN2O3. The average Bonchev–Trinajstić information content (AvgIpc) is 2.50. The number of hydrogen-bond acceptors (Lipinski definition) is 4. The van der Waals surface area contributed by atoms with Crippen molar-refractivity contribution in [1.82, 2.24) is 0 Å². The van der Waals surface area contributed by atoms with Gasteiger partial charge < -0.3 is 15.5 Å². The quantitative estimate of drug-likeness (QED) is 0.712. The largest absolute Gasteiger partial charge is 0.453 e. The van der Waals surface area contributed by atoms with Gasteiger partial charge in [-0.2, -0.15) is 0 Å². The number of hydrogen-bond donors (Lipinski definition) is 2. The number of anilines is 2. The Balaban J connectivity index is 2.12. The molecule has 116 valence electrons. The maximum Gasteiger partial charge on any atom is 0.221 e. The Morgan fingerprint density at radius 2 is 1.87 bits per heavy atom. The number of nitrogens with two attached hydrogens (primary N) is 1.